The Balaban J connectivity index is 1.94. The Labute approximate surface area is 127 Å². The van der Waals surface area contributed by atoms with Gasteiger partial charge in [0.2, 0.25) is 0 Å². The summed E-state index contributed by atoms with van der Waals surface area (Å²) >= 11 is 1.66. The summed E-state index contributed by atoms with van der Waals surface area (Å²) in [5, 5.41) is 0. The Hall–Kier alpha value is -2.07. The van der Waals surface area contributed by atoms with E-state index in [1.165, 1.54) is 0 Å². The van der Waals surface area contributed by atoms with Crippen molar-refractivity contribution in [3.63, 3.8) is 0 Å². The van der Waals surface area contributed by atoms with Crippen molar-refractivity contribution in [2.45, 2.75) is 11.3 Å². The van der Waals surface area contributed by atoms with Gasteiger partial charge in [-0.15, -0.1) is 11.8 Å². The van der Waals surface area contributed by atoms with Gasteiger partial charge in [0.25, 0.3) is 0 Å². The number of benzene rings is 2. The number of Topliss-reactive ketones (excluding diaryl/α,β-unsaturated/α-hetero) is 1. The minimum atomic E-state index is -0.0798. The zero-order valence-electron chi connectivity index (χ0n) is 11.6. The first-order chi connectivity index (χ1) is 10.2. The molecule has 106 valence electrons. The second-order valence-electron chi connectivity index (χ2n) is 4.79. The summed E-state index contributed by atoms with van der Waals surface area (Å²) in [5.74, 6) is 1.57. The largest absolute Gasteiger partial charge is 0.497 e. The lowest BCUT2D eigenvalue weighted by Crippen LogP contribution is -2.10. The second kappa shape index (κ2) is 5.74. The van der Waals surface area contributed by atoms with Crippen LogP contribution in [-0.2, 0) is 0 Å². The molecular weight excluding hydrogens is 284 g/mol. The molecule has 2 aromatic rings. The minimum Gasteiger partial charge on any atom is -0.497 e. The summed E-state index contributed by atoms with van der Waals surface area (Å²) in [6.45, 7) is 0. The second-order valence-corrected chi connectivity index (χ2v) is 5.93. The minimum absolute atomic E-state index is 0.0798. The molecule has 0 aromatic heterocycles. The fourth-order valence-corrected chi connectivity index (χ4v) is 3.31. The van der Waals surface area contributed by atoms with E-state index in [0.717, 1.165) is 10.6 Å². The Kier molecular flexibility index (Phi) is 3.80. The number of fused-ring (bicyclic) bond motifs is 1. The van der Waals surface area contributed by atoms with E-state index in [-0.39, 0.29) is 11.6 Å². The molecule has 1 aliphatic rings. The van der Waals surface area contributed by atoms with Crippen LogP contribution in [0.4, 0.5) is 0 Å². The number of methoxy groups -OCH3 is 1. The van der Waals surface area contributed by atoms with Gasteiger partial charge in [0, 0.05) is 33.8 Å². The van der Waals surface area contributed by atoms with E-state index in [0.29, 0.717) is 28.9 Å². The monoisotopic (exact) mass is 298 g/mol. The van der Waals surface area contributed by atoms with Gasteiger partial charge in [-0.3, -0.25) is 9.59 Å². The van der Waals surface area contributed by atoms with Gasteiger partial charge >= 0.3 is 0 Å². The van der Waals surface area contributed by atoms with Crippen molar-refractivity contribution in [3.8, 4) is 5.75 Å². The van der Waals surface area contributed by atoms with Gasteiger partial charge in [-0.1, -0.05) is 0 Å². The fraction of sp³-hybridized carbons (Fsp3) is 0.176. The number of rotatable bonds is 3. The number of ether oxygens (including phenoxy) is 1. The maximum Gasteiger partial charge on any atom is 0.193 e. The molecule has 0 N–H and O–H groups in total. The number of hydrogen-bond acceptors (Lipinski definition) is 4. The molecule has 3 rings (SSSR count). The maximum absolute atomic E-state index is 12.5. The van der Waals surface area contributed by atoms with Crippen molar-refractivity contribution in [2.75, 3.05) is 12.9 Å². The van der Waals surface area contributed by atoms with Crippen molar-refractivity contribution in [3.05, 3.63) is 59.2 Å². The summed E-state index contributed by atoms with van der Waals surface area (Å²) in [7, 11) is 1.59. The third kappa shape index (κ3) is 2.72. The van der Waals surface area contributed by atoms with Crippen LogP contribution in [0, 0.1) is 0 Å². The van der Waals surface area contributed by atoms with Crippen LogP contribution in [0.15, 0.2) is 47.4 Å². The normalized spacial score (nSPS) is 13.7. The summed E-state index contributed by atoms with van der Waals surface area (Å²) in [6, 6.07) is 12.4. The molecule has 1 heterocycles. The summed E-state index contributed by atoms with van der Waals surface area (Å²) in [5.41, 5.74) is 1.81. The molecular formula is C17H14O3S. The Bertz CT molecular complexity index is 704. The predicted octanol–water partition coefficient (Wildman–Crippen LogP) is 3.60. The number of thioether (sulfide) groups is 1. The quantitative estimate of drug-likeness (QED) is 0.812. The topological polar surface area (TPSA) is 43.4 Å². The Morgan fingerprint density at radius 1 is 1.10 bits per heavy atom. The summed E-state index contributed by atoms with van der Waals surface area (Å²) < 4.78 is 5.08. The lowest BCUT2D eigenvalue weighted by atomic mass is 9.99. The van der Waals surface area contributed by atoms with E-state index in [2.05, 4.69) is 0 Å². The van der Waals surface area contributed by atoms with Gasteiger partial charge in [0.05, 0.1) is 7.11 Å². The molecule has 0 spiro atoms. The summed E-state index contributed by atoms with van der Waals surface area (Å²) in [6.07, 6.45) is 0.540. The Morgan fingerprint density at radius 2 is 1.81 bits per heavy atom. The van der Waals surface area contributed by atoms with E-state index in [9.17, 15) is 9.59 Å². The maximum atomic E-state index is 12.5. The van der Waals surface area contributed by atoms with Gasteiger partial charge in [-0.05, 0) is 42.5 Å². The molecule has 1 aliphatic heterocycles. The van der Waals surface area contributed by atoms with E-state index in [1.54, 1.807) is 55.3 Å². The molecule has 0 unspecified atom stereocenters. The standard InChI is InChI=1S/C17H14O3S/c1-20-13-5-2-11(3-6-13)17(19)12-4-7-16-14(10-12)15(18)8-9-21-16/h2-7,10H,8-9H2,1H3. The van der Waals surface area contributed by atoms with Crippen LogP contribution in [0.2, 0.25) is 0 Å². The van der Waals surface area contributed by atoms with Gasteiger partial charge in [-0.25, -0.2) is 0 Å². The lowest BCUT2D eigenvalue weighted by molar-refractivity contribution is 0.0985. The van der Waals surface area contributed by atoms with Crippen LogP contribution in [0.3, 0.4) is 0 Å². The van der Waals surface area contributed by atoms with Gasteiger partial charge < -0.3 is 4.74 Å². The summed E-state index contributed by atoms with van der Waals surface area (Å²) in [4.78, 5) is 25.4. The average Bonchev–Trinajstić information content (AvgIpc) is 2.54. The molecule has 2 aromatic carbocycles. The van der Waals surface area contributed by atoms with Crippen LogP contribution < -0.4 is 4.74 Å². The van der Waals surface area contributed by atoms with Crippen LogP contribution in [-0.4, -0.2) is 24.4 Å². The highest BCUT2D eigenvalue weighted by Crippen LogP contribution is 2.31. The van der Waals surface area contributed by atoms with E-state index in [4.69, 9.17) is 4.74 Å². The van der Waals surface area contributed by atoms with Crippen molar-refractivity contribution in [2.24, 2.45) is 0 Å². The van der Waals surface area contributed by atoms with E-state index < -0.39 is 0 Å². The third-order valence-electron chi connectivity index (χ3n) is 3.48. The highest BCUT2D eigenvalue weighted by atomic mass is 32.2. The predicted molar refractivity (Wildman–Crippen MR) is 82.5 cm³/mol. The SMILES string of the molecule is COc1ccc(C(=O)c2ccc3c(c2)C(=O)CCS3)cc1. The molecule has 0 saturated heterocycles. The number of hydrogen-bond donors (Lipinski definition) is 0. The molecule has 21 heavy (non-hydrogen) atoms. The lowest BCUT2D eigenvalue weighted by Gasteiger charge is -2.14. The first-order valence-electron chi connectivity index (χ1n) is 6.68. The molecule has 0 aliphatic carbocycles. The van der Waals surface area contributed by atoms with Crippen molar-refractivity contribution < 1.29 is 14.3 Å². The third-order valence-corrected chi connectivity index (χ3v) is 4.56. The highest BCUT2D eigenvalue weighted by molar-refractivity contribution is 7.99. The molecule has 3 nitrogen and oxygen atoms in total. The molecule has 0 saturated carbocycles. The van der Waals surface area contributed by atoms with Gasteiger partial charge in [0.1, 0.15) is 5.75 Å². The molecule has 0 amide bonds. The highest BCUT2D eigenvalue weighted by Gasteiger charge is 2.20. The molecule has 0 bridgehead atoms. The number of carbonyl (C=O) groups excluding carboxylic acids is 2. The first-order valence-corrected chi connectivity index (χ1v) is 7.66. The zero-order chi connectivity index (χ0) is 14.8. The van der Waals surface area contributed by atoms with Crippen molar-refractivity contribution in [1.29, 1.82) is 0 Å². The fourth-order valence-electron chi connectivity index (χ4n) is 2.31. The van der Waals surface area contributed by atoms with Crippen molar-refractivity contribution >= 4 is 23.3 Å². The number of ketones is 2. The molecule has 0 fully saturated rings. The van der Waals surface area contributed by atoms with Crippen LogP contribution in [0.25, 0.3) is 0 Å². The number of carbonyl (C=O) groups is 2. The van der Waals surface area contributed by atoms with Gasteiger partial charge in [0.15, 0.2) is 11.6 Å². The van der Waals surface area contributed by atoms with E-state index in [1.807, 2.05) is 6.07 Å². The van der Waals surface area contributed by atoms with E-state index >= 15 is 0 Å². The van der Waals surface area contributed by atoms with Crippen LogP contribution in [0.1, 0.15) is 32.7 Å². The molecule has 0 atom stereocenters. The van der Waals surface area contributed by atoms with Gasteiger partial charge in [-0.2, -0.15) is 0 Å². The first kappa shape index (κ1) is 13.9. The van der Waals surface area contributed by atoms with Crippen LogP contribution in [0.5, 0.6) is 5.75 Å². The van der Waals surface area contributed by atoms with Crippen molar-refractivity contribution in [1.82, 2.24) is 0 Å². The molecule has 4 heteroatoms. The zero-order valence-corrected chi connectivity index (χ0v) is 12.4. The average molecular weight is 298 g/mol. The van der Waals surface area contributed by atoms with Crippen LogP contribution >= 0.6 is 11.8 Å². The molecule has 0 radical (unpaired) electrons. The smallest absolute Gasteiger partial charge is 0.193 e. The Morgan fingerprint density at radius 3 is 2.52 bits per heavy atom.